The number of hydrogen-bond acceptors (Lipinski definition) is 6. The topological polar surface area (TPSA) is 126 Å². The van der Waals surface area contributed by atoms with Crippen molar-refractivity contribution < 1.29 is 0 Å². The maximum absolute atomic E-state index is 10.8. The number of hydrogen-bond donors (Lipinski definition) is 2. The number of nitrogens with zero attached hydrogens (tertiary/aromatic N) is 6. The first-order valence-electron chi connectivity index (χ1n) is 3.44. The minimum Gasteiger partial charge on any atom is -0.244 e. The monoisotopic (exact) mass is 196 g/mol. The number of aromatic nitrogens is 6. The average Bonchev–Trinajstić information content (AvgIpc) is 2.72. The molecule has 0 aliphatic carbocycles. The van der Waals surface area contributed by atoms with Crippen LogP contribution in [0.2, 0.25) is 0 Å². The fourth-order valence-electron chi connectivity index (χ4n) is 0.698. The normalized spacial score (nSPS) is 11.1. The summed E-state index contributed by atoms with van der Waals surface area (Å²) in [5, 5.41) is 17.8. The fourth-order valence-corrected chi connectivity index (χ4v) is 0.698. The molecule has 0 bridgehead atoms. The Balaban J connectivity index is 2.32. The van der Waals surface area contributed by atoms with E-state index in [-0.39, 0.29) is 0 Å². The molecule has 0 spiro atoms. The van der Waals surface area contributed by atoms with Crippen LogP contribution in [0.3, 0.4) is 0 Å². The summed E-state index contributed by atoms with van der Waals surface area (Å²) in [6, 6.07) is 0. The third kappa shape index (κ3) is 1.35. The Morgan fingerprint density at radius 1 is 1.00 bits per heavy atom. The zero-order valence-electron chi connectivity index (χ0n) is 6.65. The van der Waals surface area contributed by atoms with Gasteiger partial charge in [-0.25, -0.2) is 19.8 Å². The van der Waals surface area contributed by atoms with Gasteiger partial charge in [0.25, 0.3) is 0 Å². The second kappa shape index (κ2) is 3.08. The predicted octanol–water partition coefficient (Wildman–Crippen LogP) is -1.87. The maximum Gasteiger partial charge on any atom is 0.365 e. The van der Waals surface area contributed by atoms with Gasteiger partial charge in [-0.15, -0.1) is 9.35 Å². The highest BCUT2D eigenvalue weighted by Gasteiger charge is 1.95. The van der Waals surface area contributed by atoms with Crippen molar-refractivity contribution >= 4 is 0 Å². The molecular formula is C4H4N8O2. The lowest BCUT2D eigenvalue weighted by Crippen LogP contribution is -2.14. The second-order valence-electron chi connectivity index (χ2n) is 2.19. The van der Waals surface area contributed by atoms with Crippen LogP contribution in [0, 0.1) is 0 Å². The summed E-state index contributed by atoms with van der Waals surface area (Å²) in [5.74, 6) is 0. The Hall–Kier alpha value is -2.52. The molecule has 14 heavy (non-hydrogen) atoms. The summed E-state index contributed by atoms with van der Waals surface area (Å²) < 4.78 is 1.67. The van der Waals surface area contributed by atoms with Crippen LogP contribution in [0.5, 0.6) is 0 Å². The SMILES string of the molecule is O=c1[nH]ncn1/N=N/n1cn[nH]c1=O. The third-order valence-electron chi connectivity index (χ3n) is 1.30. The molecule has 0 aliphatic rings. The summed E-state index contributed by atoms with van der Waals surface area (Å²) in [6.07, 6.45) is 2.24. The van der Waals surface area contributed by atoms with Gasteiger partial charge in [0.1, 0.15) is 12.7 Å². The molecule has 10 heteroatoms. The van der Waals surface area contributed by atoms with E-state index in [0.717, 1.165) is 22.0 Å². The minimum absolute atomic E-state index is 0.551. The van der Waals surface area contributed by atoms with Gasteiger partial charge in [-0.2, -0.15) is 10.2 Å². The van der Waals surface area contributed by atoms with Crippen LogP contribution in [0.4, 0.5) is 0 Å². The highest BCUT2D eigenvalue weighted by molar-refractivity contribution is 4.62. The first-order valence-corrected chi connectivity index (χ1v) is 3.44. The van der Waals surface area contributed by atoms with Gasteiger partial charge in [0, 0.05) is 0 Å². The molecule has 0 aromatic carbocycles. The molecule has 0 aliphatic heterocycles. The molecule has 0 saturated carbocycles. The van der Waals surface area contributed by atoms with Gasteiger partial charge in [-0.3, -0.25) is 0 Å². The van der Waals surface area contributed by atoms with E-state index in [1.165, 1.54) is 0 Å². The lowest BCUT2D eigenvalue weighted by molar-refractivity contribution is 0.654. The van der Waals surface area contributed by atoms with Gasteiger partial charge in [-0.1, -0.05) is 0 Å². The number of nitrogens with one attached hydrogen (secondary N) is 2. The largest absolute Gasteiger partial charge is 0.365 e. The van der Waals surface area contributed by atoms with Gasteiger partial charge < -0.3 is 0 Å². The highest BCUT2D eigenvalue weighted by atomic mass is 16.2. The fraction of sp³-hybridized carbons (Fsp3) is 0. The Labute approximate surface area is 74.9 Å². The third-order valence-corrected chi connectivity index (χ3v) is 1.30. The molecule has 72 valence electrons. The van der Waals surface area contributed by atoms with E-state index in [2.05, 4.69) is 30.8 Å². The van der Waals surface area contributed by atoms with Crippen molar-refractivity contribution in [3.63, 3.8) is 0 Å². The van der Waals surface area contributed by atoms with Gasteiger partial charge >= 0.3 is 11.4 Å². The molecule has 2 aromatic heterocycles. The van der Waals surface area contributed by atoms with E-state index in [1.54, 1.807) is 0 Å². The van der Waals surface area contributed by atoms with Crippen molar-refractivity contribution in [2.24, 2.45) is 10.4 Å². The van der Waals surface area contributed by atoms with Crippen LogP contribution in [-0.2, 0) is 0 Å². The van der Waals surface area contributed by atoms with Crippen molar-refractivity contribution in [3.8, 4) is 0 Å². The molecule has 2 aromatic rings. The summed E-state index contributed by atoms with van der Waals surface area (Å²) in [7, 11) is 0. The van der Waals surface area contributed by atoms with Crippen molar-refractivity contribution in [1.82, 2.24) is 29.7 Å². The van der Waals surface area contributed by atoms with Crippen molar-refractivity contribution in [3.05, 3.63) is 33.6 Å². The Morgan fingerprint density at radius 3 is 1.71 bits per heavy atom. The number of rotatable bonds is 2. The van der Waals surface area contributed by atoms with Crippen LogP contribution >= 0.6 is 0 Å². The van der Waals surface area contributed by atoms with E-state index in [9.17, 15) is 9.59 Å². The van der Waals surface area contributed by atoms with Gasteiger partial charge in [0.2, 0.25) is 0 Å². The first kappa shape index (κ1) is 8.10. The molecule has 0 unspecified atom stereocenters. The molecule has 2 heterocycles. The molecule has 0 saturated heterocycles. The lowest BCUT2D eigenvalue weighted by atomic mass is 11.2. The molecular weight excluding hydrogens is 192 g/mol. The predicted molar refractivity (Wildman–Crippen MR) is 41.3 cm³/mol. The summed E-state index contributed by atoms with van der Waals surface area (Å²) >= 11 is 0. The smallest absolute Gasteiger partial charge is 0.244 e. The van der Waals surface area contributed by atoms with Gasteiger partial charge in [0.15, 0.2) is 0 Å². The summed E-state index contributed by atoms with van der Waals surface area (Å²) in [4.78, 5) is 21.7. The quantitative estimate of drug-likeness (QED) is 0.545. The molecule has 0 atom stereocenters. The van der Waals surface area contributed by atoms with Crippen LogP contribution in [-0.4, -0.2) is 29.7 Å². The van der Waals surface area contributed by atoms with Crippen LogP contribution in [0.1, 0.15) is 0 Å². The second-order valence-corrected chi connectivity index (χ2v) is 2.19. The highest BCUT2D eigenvalue weighted by Crippen LogP contribution is 1.79. The summed E-state index contributed by atoms with van der Waals surface area (Å²) in [6.45, 7) is 0. The number of aromatic amines is 2. The van der Waals surface area contributed by atoms with Gasteiger partial charge in [0.05, 0.1) is 0 Å². The molecule has 2 rings (SSSR count). The Morgan fingerprint density at radius 2 is 1.43 bits per heavy atom. The van der Waals surface area contributed by atoms with E-state index in [4.69, 9.17) is 0 Å². The molecule has 0 radical (unpaired) electrons. The van der Waals surface area contributed by atoms with Crippen molar-refractivity contribution in [2.45, 2.75) is 0 Å². The summed E-state index contributed by atoms with van der Waals surface area (Å²) in [5.41, 5.74) is -1.10. The zero-order chi connectivity index (χ0) is 9.97. The lowest BCUT2D eigenvalue weighted by Gasteiger charge is -1.85. The van der Waals surface area contributed by atoms with Crippen molar-refractivity contribution in [2.75, 3.05) is 0 Å². The maximum atomic E-state index is 10.8. The van der Waals surface area contributed by atoms with Crippen LogP contribution in [0.15, 0.2) is 32.7 Å². The molecule has 0 amide bonds. The van der Waals surface area contributed by atoms with Crippen LogP contribution in [0.25, 0.3) is 0 Å². The molecule has 2 N–H and O–H groups in total. The van der Waals surface area contributed by atoms with Crippen molar-refractivity contribution in [1.29, 1.82) is 0 Å². The number of H-pyrrole nitrogens is 2. The molecule has 10 nitrogen and oxygen atoms in total. The standard InChI is InChI=1S/C4H4N8O2/c13-3-7-5-1-11(3)9-10-12-2-6-8-4(12)14/h1-2H,(H,7,13)(H,8,14)/b10-9+. The minimum atomic E-state index is -0.551. The van der Waals surface area contributed by atoms with E-state index in [0.29, 0.717) is 0 Å². The van der Waals surface area contributed by atoms with E-state index >= 15 is 0 Å². The Bertz CT molecular complexity index is 504. The Kier molecular flexibility index (Phi) is 1.78. The average molecular weight is 196 g/mol. The van der Waals surface area contributed by atoms with Crippen LogP contribution < -0.4 is 11.4 Å². The molecule has 0 fully saturated rings. The van der Waals surface area contributed by atoms with E-state index in [1.807, 2.05) is 0 Å². The first-order chi connectivity index (χ1) is 6.77. The van der Waals surface area contributed by atoms with E-state index < -0.39 is 11.4 Å². The van der Waals surface area contributed by atoms with Gasteiger partial charge in [-0.05, 0) is 10.4 Å². The zero-order valence-corrected chi connectivity index (χ0v) is 6.65.